The van der Waals surface area contributed by atoms with Crippen molar-refractivity contribution in [3.63, 3.8) is 0 Å². The normalized spacial score (nSPS) is 16.2. The first-order valence-electron chi connectivity index (χ1n) is 10.5. The molecule has 0 amide bonds. The van der Waals surface area contributed by atoms with E-state index in [4.69, 9.17) is 0 Å². The summed E-state index contributed by atoms with van der Waals surface area (Å²) in [5.41, 5.74) is 1.23. The Labute approximate surface area is 190 Å². The van der Waals surface area contributed by atoms with E-state index >= 15 is 0 Å². The molecule has 0 radical (unpaired) electrons. The highest BCUT2D eigenvalue weighted by Crippen LogP contribution is 2.48. The summed E-state index contributed by atoms with van der Waals surface area (Å²) in [4.78, 5) is 13.7. The van der Waals surface area contributed by atoms with E-state index in [9.17, 15) is 18.4 Å². The summed E-state index contributed by atoms with van der Waals surface area (Å²) in [6.45, 7) is 7.07. The van der Waals surface area contributed by atoms with Crippen molar-refractivity contribution in [2.24, 2.45) is 12.0 Å². The number of imidazole rings is 1. The van der Waals surface area contributed by atoms with Crippen LogP contribution in [0, 0.1) is 18.3 Å². The maximum atomic E-state index is 13.6. The van der Waals surface area contributed by atoms with Crippen LogP contribution in [0.15, 0.2) is 27.8 Å². The van der Waals surface area contributed by atoms with E-state index in [2.05, 4.69) is 21.0 Å². The number of hydrogen-bond donors (Lipinski definition) is 0. The van der Waals surface area contributed by atoms with Crippen LogP contribution in [-0.4, -0.2) is 32.2 Å². The van der Waals surface area contributed by atoms with Crippen LogP contribution in [0.3, 0.4) is 0 Å². The van der Waals surface area contributed by atoms with Crippen molar-refractivity contribution in [3.8, 4) is 17.6 Å². The standard InChI is InChI=1S/C23H26F3N5S/c1-6-14(3)29-19(23(24,25)26)11-17-15(4)31(5)21(30-17)20-18(32-7-2)10-16(12-28-20)22(13-27)8-9-22/h10-12H,6-9H2,1-5H3/b19-11-,29-14?. The van der Waals surface area contributed by atoms with E-state index in [1.165, 1.54) is 0 Å². The first kappa shape index (κ1) is 24.1. The largest absolute Gasteiger partial charge is 0.433 e. The molecule has 5 nitrogen and oxygen atoms in total. The Morgan fingerprint density at radius 1 is 1.38 bits per heavy atom. The molecule has 0 unspecified atom stereocenters. The maximum absolute atomic E-state index is 13.6. The molecule has 2 aromatic rings. The fourth-order valence-electron chi connectivity index (χ4n) is 3.27. The van der Waals surface area contributed by atoms with Gasteiger partial charge < -0.3 is 4.57 Å². The number of aromatic nitrogens is 3. The molecule has 32 heavy (non-hydrogen) atoms. The lowest BCUT2D eigenvalue weighted by Gasteiger charge is -2.12. The molecule has 0 atom stereocenters. The van der Waals surface area contributed by atoms with Crippen molar-refractivity contribution in [1.29, 1.82) is 5.26 Å². The summed E-state index contributed by atoms with van der Waals surface area (Å²) in [5, 5.41) is 9.52. The Bertz CT molecular complexity index is 1120. The van der Waals surface area contributed by atoms with Gasteiger partial charge in [0.15, 0.2) is 5.82 Å². The minimum absolute atomic E-state index is 0.205. The highest BCUT2D eigenvalue weighted by molar-refractivity contribution is 7.99. The summed E-state index contributed by atoms with van der Waals surface area (Å²) in [6.07, 6.45) is 0.163. The second kappa shape index (κ2) is 9.10. The molecule has 0 aromatic carbocycles. The predicted octanol–water partition coefficient (Wildman–Crippen LogP) is 6.23. The van der Waals surface area contributed by atoms with Gasteiger partial charge in [-0.25, -0.2) is 4.98 Å². The number of nitriles is 1. The second-order valence-electron chi connectivity index (χ2n) is 7.89. The fourth-order valence-corrected chi connectivity index (χ4v) is 4.07. The lowest BCUT2D eigenvalue weighted by molar-refractivity contribution is -0.0913. The monoisotopic (exact) mass is 461 g/mol. The molecule has 170 valence electrons. The van der Waals surface area contributed by atoms with Gasteiger partial charge in [0.25, 0.3) is 0 Å². The van der Waals surface area contributed by atoms with Crippen molar-refractivity contribution in [1.82, 2.24) is 14.5 Å². The number of allylic oxidation sites excluding steroid dienone is 1. The van der Waals surface area contributed by atoms with Gasteiger partial charge in [0.1, 0.15) is 11.4 Å². The van der Waals surface area contributed by atoms with Crippen LogP contribution >= 0.6 is 11.8 Å². The van der Waals surface area contributed by atoms with E-state index in [1.807, 2.05) is 13.0 Å². The van der Waals surface area contributed by atoms with Crippen LogP contribution in [0.2, 0.25) is 0 Å². The molecular weight excluding hydrogens is 435 g/mol. The number of aliphatic imine (C=N–C) groups is 1. The summed E-state index contributed by atoms with van der Waals surface area (Å²) in [7, 11) is 1.76. The number of hydrogen-bond acceptors (Lipinski definition) is 5. The lowest BCUT2D eigenvalue weighted by atomic mass is 9.99. The van der Waals surface area contributed by atoms with Gasteiger partial charge in [-0.05, 0) is 56.6 Å². The third-order valence-corrected chi connectivity index (χ3v) is 6.60. The third-order valence-electron chi connectivity index (χ3n) is 5.69. The van der Waals surface area contributed by atoms with Gasteiger partial charge in [-0.1, -0.05) is 13.8 Å². The van der Waals surface area contributed by atoms with Crippen LogP contribution in [-0.2, 0) is 12.5 Å². The summed E-state index contributed by atoms with van der Waals surface area (Å²) in [6, 6.07) is 4.36. The lowest BCUT2D eigenvalue weighted by Crippen LogP contribution is -2.11. The molecule has 1 fully saturated rings. The molecule has 0 aliphatic heterocycles. The SMILES string of the molecule is CCSc1cc(C2(C#N)CC2)cnc1-c1nc(/C=C(\N=C(C)CC)C(F)(F)F)c(C)n1C. The average Bonchev–Trinajstić information content (AvgIpc) is 3.50. The number of halogens is 3. The van der Waals surface area contributed by atoms with Gasteiger partial charge in [0, 0.05) is 29.5 Å². The summed E-state index contributed by atoms with van der Waals surface area (Å²) >= 11 is 1.58. The quantitative estimate of drug-likeness (QED) is 0.362. The fraction of sp³-hybridized carbons (Fsp3) is 0.478. The average molecular weight is 462 g/mol. The minimum atomic E-state index is -4.58. The van der Waals surface area contributed by atoms with Gasteiger partial charge in [-0.2, -0.15) is 18.4 Å². The van der Waals surface area contributed by atoms with Gasteiger partial charge >= 0.3 is 6.18 Å². The van der Waals surface area contributed by atoms with Crippen molar-refractivity contribution < 1.29 is 13.2 Å². The van der Waals surface area contributed by atoms with E-state index in [1.54, 1.807) is 50.3 Å². The highest BCUT2D eigenvalue weighted by atomic mass is 32.2. The molecule has 0 saturated heterocycles. The third kappa shape index (κ3) is 4.75. The molecule has 9 heteroatoms. The number of rotatable bonds is 7. The first-order chi connectivity index (χ1) is 15.1. The number of thioether (sulfide) groups is 1. The van der Waals surface area contributed by atoms with E-state index in [0.29, 0.717) is 29.3 Å². The van der Waals surface area contributed by atoms with Gasteiger partial charge in [-0.3, -0.25) is 9.98 Å². The molecule has 1 saturated carbocycles. The van der Waals surface area contributed by atoms with Crippen molar-refractivity contribution in [3.05, 3.63) is 34.9 Å². The molecule has 2 heterocycles. The Balaban J connectivity index is 2.12. The topological polar surface area (TPSA) is 66.9 Å². The Morgan fingerprint density at radius 2 is 2.06 bits per heavy atom. The van der Waals surface area contributed by atoms with Crippen LogP contribution in [0.25, 0.3) is 17.6 Å². The highest BCUT2D eigenvalue weighted by Gasteiger charge is 2.45. The van der Waals surface area contributed by atoms with Crippen molar-refractivity contribution in [2.75, 3.05) is 5.75 Å². The molecule has 0 bridgehead atoms. The molecule has 0 spiro atoms. The minimum Gasteiger partial charge on any atom is -0.329 e. The van der Waals surface area contributed by atoms with Crippen molar-refractivity contribution in [2.45, 2.75) is 63.4 Å². The zero-order valence-corrected chi connectivity index (χ0v) is 19.7. The van der Waals surface area contributed by atoms with Crippen LogP contribution in [0.5, 0.6) is 0 Å². The van der Waals surface area contributed by atoms with Crippen LogP contribution in [0.1, 0.15) is 57.0 Å². The smallest absolute Gasteiger partial charge is 0.329 e. The van der Waals surface area contributed by atoms with E-state index in [0.717, 1.165) is 35.1 Å². The Kier molecular flexibility index (Phi) is 6.84. The maximum Gasteiger partial charge on any atom is 0.433 e. The molecule has 3 rings (SSSR count). The molecule has 0 N–H and O–H groups in total. The van der Waals surface area contributed by atoms with Crippen LogP contribution in [0.4, 0.5) is 13.2 Å². The first-order valence-corrected chi connectivity index (χ1v) is 11.5. The van der Waals surface area contributed by atoms with Gasteiger partial charge in [-0.15, -0.1) is 11.8 Å². The van der Waals surface area contributed by atoms with Gasteiger partial charge in [0.2, 0.25) is 0 Å². The van der Waals surface area contributed by atoms with Crippen LogP contribution < -0.4 is 0 Å². The number of alkyl halides is 3. The van der Waals surface area contributed by atoms with E-state index in [-0.39, 0.29) is 5.69 Å². The predicted molar refractivity (Wildman–Crippen MR) is 122 cm³/mol. The van der Waals surface area contributed by atoms with Gasteiger partial charge in [0.05, 0.1) is 17.2 Å². The molecular formula is C23H26F3N5S. The Hall–Kier alpha value is -2.60. The Morgan fingerprint density at radius 3 is 2.59 bits per heavy atom. The second-order valence-corrected chi connectivity index (χ2v) is 9.20. The van der Waals surface area contributed by atoms with Crippen molar-refractivity contribution >= 4 is 23.5 Å². The summed E-state index contributed by atoms with van der Waals surface area (Å²) in [5.74, 6) is 1.27. The number of pyridine rings is 1. The molecule has 2 aromatic heterocycles. The van der Waals surface area contributed by atoms with E-state index < -0.39 is 17.3 Å². The molecule has 1 aliphatic carbocycles. The molecule has 1 aliphatic rings. The number of nitrogens with zero attached hydrogens (tertiary/aromatic N) is 5. The zero-order chi connectivity index (χ0) is 23.7. The zero-order valence-electron chi connectivity index (χ0n) is 18.8. The summed E-state index contributed by atoms with van der Waals surface area (Å²) < 4.78 is 42.5.